The Labute approximate surface area is 117 Å². The van der Waals surface area contributed by atoms with Crippen molar-refractivity contribution >= 4 is 17.0 Å². The third-order valence-corrected chi connectivity index (χ3v) is 3.51. The van der Waals surface area contributed by atoms with Crippen LogP contribution in [-0.2, 0) is 0 Å². The van der Waals surface area contributed by atoms with E-state index in [-0.39, 0.29) is 0 Å². The Morgan fingerprint density at radius 3 is 2.84 bits per heavy atom. The van der Waals surface area contributed by atoms with Crippen LogP contribution in [0.15, 0.2) is 35.0 Å². The number of ether oxygens (including phenoxy) is 1. The quantitative estimate of drug-likeness (QED) is 0.852. The van der Waals surface area contributed by atoms with Gasteiger partial charge < -0.3 is 15.2 Å². The van der Waals surface area contributed by atoms with Gasteiger partial charge >= 0.3 is 0 Å². The predicted molar refractivity (Wildman–Crippen MR) is 80.2 cm³/mol. The van der Waals surface area contributed by atoms with Crippen LogP contribution in [0.5, 0.6) is 5.75 Å². The normalized spacial score (nSPS) is 12.2. The fourth-order valence-corrected chi connectivity index (χ4v) is 2.42. The number of hydrogen-bond acceptors (Lipinski definition) is 4. The molecule has 0 saturated heterocycles. The maximum Gasteiger partial charge on any atom is 0.122 e. The largest absolute Gasteiger partial charge is 0.491 e. The molecule has 0 saturated carbocycles. The molecule has 0 spiro atoms. The summed E-state index contributed by atoms with van der Waals surface area (Å²) in [4.78, 5) is 0. The van der Waals surface area contributed by atoms with Crippen molar-refractivity contribution in [3.8, 4) is 5.75 Å². The van der Waals surface area contributed by atoms with Crippen molar-refractivity contribution in [2.24, 2.45) is 0 Å². The predicted octanol–water partition coefficient (Wildman–Crippen LogP) is 3.22. The molecule has 2 N–H and O–H groups in total. The van der Waals surface area contributed by atoms with E-state index in [1.54, 1.807) is 11.3 Å². The Balaban J connectivity index is 1.78. The number of benzene rings is 1. The van der Waals surface area contributed by atoms with Gasteiger partial charge in [0.05, 0.1) is 0 Å². The maximum absolute atomic E-state index is 9.87. The molecule has 1 atom stereocenters. The summed E-state index contributed by atoms with van der Waals surface area (Å²) < 4.78 is 5.64. The fourth-order valence-electron chi connectivity index (χ4n) is 1.81. The molecule has 2 aromatic rings. The van der Waals surface area contributed by atoms with Crippen LogP contribution in [0.25, 0.3) is 0 Å². The van der Waals surface area contributed by atoms with Crippen LogP contribution in [0, 0.1) is 13.8 Å². The number of aliphatic hydroxyl groups excluding tert-OH is 1. The van der Waals surface area contributed by atoms with Crippen molar-refractivity contribution in [2.75, 3.05) is 18.5 Å². The van der Waals surface area contributed by atoms with E-state index in [9.17, 15) is 5.11 Å². The van der Waals surface area contributed by atoms with Crippen LogP contribution in [0.3, 0.4) is 0 Å². The van der Waals surface area contributed by atoms with Crippen LogP contribution in [-0.4, -0.2) is 24.4 Å². The highest BCUT2D eigenvalue weighted by Gasteiger charge is 2.07. The Bertz CT molecular complexity index is 511. The van der Waals surface area contributed by atoms with Crippen LogP contribution >= 0.6 is 11.3 Å². The van der Waals surface area contributed by atoms with Gasteiger partial charge in [-0.15, -0.1) is 0 Å². The first-order valence-electron chi connectivity index (χ1n) is 6.29. The second-order valence-corrected chi connectivity index (χ2v) is 5.41. The molecule has 0 aliphatic heterocycles. The monoisotopic (exact) mass is 277 g/mol. The van der Waals surface area contributed by atoms with Crippen LogP contribution in [0.4, 0.5) is 5.69 Å². The van der Waals surface area contributed by atoms with Gasteiger partial charge in [-0.3, -0.25) is 0 Å². The molecule has 0 aliphatic carbocycles. The number of nitrogens with one attached hydrogen (secondary N) is 1. The van der Waals surface area contributed by atoms with Gasteiger partial charge in [0.2, 0.25) is 0 Å². The lowest BCUT2D eigenvalue weighted by Crippen LogP contribution is -2.26. The molecule has 0 amide bonds. The first-order chi connectivity index (χ1) is 9.15. The summed E-state index contributed by atoms with van der Waals surface area (Å²) in [6.07, 6.45) is -0.527. The van der Waals surface area contributed by atoms with E-state index in [0.717, 1.165) is 17.0 Å². The first kappa shape index (κ1) is 13.9. The number of rotatable bonds is 6. The third kappa shape index (κ3) is 4.26. The van der Waals surface area contributed by atoms with Crippen LogP contribution < -0.4 is 10.1 Å². The summed E-state index contributed by atoms with van der Waals surface area (Å²) in [5.74, 6) is 0.834. The van der Waals surface area contributed by atoms with E-state index in [0.29, 0.717) is 13.2 Å². The van der Waals surface area contributed by atoms with Gasteiger partial charge in [0.1, 0.15) is 18.5 Å². The Morgan fingerprint density at radius 2 is 2.16 bits per heavy atom. The summed E-state index contributed by atoms with van der Waals surface area (Å²) in [7, 11) is 0. The lowest BCUT2D eigenvalue weighted by Gasteiger charge is -2.15. The molecule has 1 heterocycles. The highest BCUT2D eigenvalue weighted by molar-refractivity contribution is 7.08. The average Bonchev–Trinajstić information content (AvgIpc) is 2.88. The van der Waals surface area contributed by atoms with Crippen molar-refractivity contribution in [3.05, 3.63) is 46.2 Å². The summed E-state index contributed by atoms with van der Waals surface area (Å²) in [6, 6.07) is 8.02. The smallest absolute Gasteiger partial charge is 0.122 e. The van der Waals surface area contributed by atoms with Gasteiger partial charge in [-0.2, -0.15) is 11.3 Å². The van der Waals surface area contributed by atoms with Gasteiger partial charge in [0.25, 0.3) is 0 Å². The number of anilines is 1. The lowest BCUT2D eigenvalue weighted by molar-refractivity contribution is 0.117. The Hall–Kier alpha value is -1.52. The zero-order chi connectivity index (χ0) is 13.7. The standard InChI is InChI=1S/C15H19NO2S/c1-11-3-4-15(12(2)7-11)18-9-14(17)8-16-13-5-6-19-10-13/h3-7,10,14,16-17H,8-9H2,1-2H3. The Kier molecular flexibility index (Phi) is 4.82. The van der Waals surface area contributed by atoms with Crippen LogP contribution in [0.2, 0.25) is 0 Å². The number of aryl methyl sites for hydroxylation is 2. The molecule has 102 valence electrons. The van der Waals surface area contributed by atoms with Gasteiger partial charge in [0, 0.05) is 17.6 Å². The summed E-state index contributed by atoms with van der Waals surface area (Å²) >= 11 is 1.63. The third-order valence-electron chi connectivity index (χ3n) is 2.82. The van der Waals surface area contributed by atoms with Gasteiger partial charge in [-0.1, -0.05) is 17.7 Å². The van der Waals surface area contributed by atoms with E-state index in [2.05, 4.69) is 18.3 Å². The zero-order valence-corrected chi connectivity index (χ0v) is 12.0. The van der Waals surface area contributed by atoms with Crippen molar-refractivity contribution in [1.82, 2.24) is 0 Å². The van der Waals surface area contributed by atoms with E-state index >= 15 is 0 Å². The second kappa shape index (κ2) is 6.59. The summed E-state index contributed by atoms with van der Waals surface area (Å²) in [5.41, 5.74) is 3.35. The minimum absolute atomic E-state index is 0.293. The SMILES string of the molecule is Cc1ccc(OCC(O)CNc2ccsc2)c(C)c1. The maximum atomic E-state index is 9.87. The topological polar surface area (TPSA) is 41.5 Å². The molecular weight excluding hydrogens is 258 g/mol. The lowest BCUT2D eigenvalue weighted by atomic mass is 10.1. The van der Waals surface area contributed by atoms with Gasteiger partial charge in [0.15, 0.2) is 0 Å². The van der Waals surface area contributed by atoms with Crippen molar-refractivity contribution in [2.45, 2.75) is 20.0 Å². The molecule has 0 aliphatic rings. The molecular formula is C15H19NO2S. The van der Waals surface area contributed by atoms with Crippen molar-refractivity contribution < 1.29 is 9.84 Å². The van der Waals surface area contributed by atoms with Gasteiger partial charge in [-0.05, 0) is 36.9 Å². The van der Waals surface area contributed by atoms with E-state index < -0.39 is 6.10 Å². The summed E-state index contributed by atoms with van der Waals surface area (Å²) in [6.45, 7) is 4.84. The fraction of sp³-hybridized carbons (Fsp3) is 0.333. The van der Waals surface area contributed by atoms with Crippen LogP contribution in [0.1, 0.15) is 11.1 Å². The molecule has 1 aromatic carbocycles. The highest BCUT2D eigenvalue weighted by Crippen LogP contribution is 2.19. The van der Waals surface area contributed by atoms with Crippen molar-refractivity contribution in [1.29, 1.82) is 0 Å². The molecule has 19 heavy (non-hydrogen) atoms. The molecule has 1 unspecified atom stereocenters. The summed E-state index contributed by atoms with van der Waals surface area (Å²) in [5, 5.41) is 17.0. The molecule has 1 aromatic heterocycles. The van der Waals surface area contributed by atoms with Gasteiger partial charge in [-0.25, -0.2) is 0 Å². The van der Waals surface area contributed by atoms with E-state index in [1.165, 1.54) is 5.56 Å². The first-order valence-corrected chi connectivity index (χ1v) is 7.23. The average molecular weight is 277 g/mol. The molecule has 4 heteroatoms. The minimum Gasteiger partial charge on any atom is -0.491 e. The highest BCUT2D eigenvalue weighted by atomic mass is 32.1. The number of thiophene rings is 1. The minimum atomic E-state index is -0.527. The molecule has 0 fully saturated rings. The molecule has 0 bridgehead atoms. The number of aliphatic hydroxyl groups is 1. The second-order valence-electron chi connectivity index (χ2n) is 4.63. The Morgan fingerprint density at radius 1 is 1.32 bits per heavy atom. The zero-order valence-electron chi connectivity index (χ0n) is 11.2. The van der Waals surface area contributed by atoms with E-state index in [4.69, 9.17) is 4.74 Å². The van der Waals surface area contributed by atoms with E-state index in [1.807, 2.05) is 35.9 Å². The molecule has 0 radical (unpaired) electrons. The van der Waals surface area contributed by atoms with Crippen molar-refractivity contribution in [3.63, 3.8) is 0 Å². The molecule has 2 rings (SSSR count). The molecule has 3 nitrogen and oxygen atoms in total. The number of hydrogen-bond donors (Lipinski definition) is 2.